The summed E-state index contributed by atoms with van der Waals surface area (Å²) in [6.07, 6.45) is 0.272. The molecule has 0 fully saturated rings. The molecule has 12 heteroatoms. The molecule has 0 aliphatic rings. The summed E-state index contributed by atoms with van der Waals surface area (Å²) < 4.78 is 37.2. The molecule has 3 N–H and O–H groups in total. The highest BCUT2D eigenvalue weighted by molar-refractivity contribution is 9.09. The van der Waals surface area contributed by atoms with Crippen molar-refractivity contribution in [2.24, 2.45) is 0 Å². The van der Waals surface area contributed by atoms with Gasteiger partial charge in [0.25, 0.3) is 11.8 Å². The number of hydrogen-bond acceptors (Lipinski definition) is 5. The number of amides is 2. The summed E-state index contributed by atoms with van der Waals surface area (Å²) in [6, 6.07) is 6.79. The molecule has 34 heavy (non-hydrogen) atoms. The number of aliphatic hydroxyl groups excluding tert-OH is 1. The van der Waals surface area contributed by atoms with Crippen molar-refractivity contribution in [1.29, 1.82) is 0 Å². The first-order valence-electron chi connectivity index (χ1n) is 9.77. The predicted octanol–water partition coefficient (Wildman–Crippen LogP) is 3.64. The minimum Gasteiger partial charge on any atom is -0.484 e. The molecule has 2 aromatic carbocycles. The highest BCUT2D eigenvalue weighted by Gasteiger charge is 2.26. The van der Waals surface area contributed by atoms with Crippen LogP contribution in [0.15, 0.2) is 49.1 Å². The monoisotopic (exact) mass is 580 g/mol. The number of carbonyl (C=O) groups excluding carboxylic acids is 2. The summed E-state index contributed by atoms with van der Waals surface area (Å²) in [5.41, 5.74) is 0. The molecule has 3 atom stereocenters. The lowest BCUT2D eigenvalue weighted by Gasteiger charge is -2.25. The average Bonchev–Trinajstić information content (AvgIpc) is 2.81. The number of carbonyl (C=O) groups is 2. The van der Waals surface area contributed by atoms with Gasteiger partial charge in [-0.15, -0.1) is 6.58 Å². The first-order chi connectivity index (χ1) is 16.1. The quantitative estimate of drug-likeness (QED) is 0.263. The second kappa shape index (κ2) is 13.5. The molecular formula is C22H21BrCl2F2N2O5. The number of hydrogen-bond donors (Lipinski definition) is 3. The van der Waals surface area contributed by atoms with Gasteiger partial charge in [0, 0.05) is 18.7 Å². The van der Waals surface area contributed by atoms with Gasteiger partial charge in [-0.25, -0.2) is 8.78 Å². The molecule has 0 spiro atoms. The molecule has 2 amide bonds. The maximum atomic E-state index is 13.4. The zero-order chi connectivity index (χ0) is 25.3. The molecule has 2 aromatic rings. The molecule has 0 aliphatic heterocycles. The molecule has 2 rings (SSSR count). The summed E-state index contributed by atoms with van der Waals surface area (Å²) in [5, 5.41) is 15.3. The Kier molecular flexibility index (Phi) is 11.0. The van der Waals surface area contributed by atoms with Gasteiger partial charge < -0.3 is 25.2 Å². The zero-order valence-corrected chi connectivity index (χ0v) is 20.7. The van der Waals surface area contributed by atoms with E-state index in [-0.39, 0.29) is 28.1 Å². The Morgan fingerprint density at radius 2 is 1.53 bits per heavy atom. The number of benzene rings is 2. The normalized spacial score (nSPS) is 13.4. The van der Waals surface area contributed by atoms with Crippen molar-refractivity contribution in [3.63, 3.8) is 0 Å². The van der Waals surface area contributed by atoms with Crippen LogP contribution in [-0.4, -0.2) is 53.7 Å². The minimum atomic E-state index is -1.12. The summed E-state index contributed by atoms with van der Waals surface area (Å²) in [4.78, 5) is 23.4. The van der Waals surface area contributed by atoms with Crippen LogP contribution in [-0.2, 0) is 9.59 Å². The Balaban J connectivity index is 1.76. The van der Waals surface area contributed by atoms with Gasteiger partial charge in [-0.1, -0.05) is 45.2 Å². The first-order valence-corrected chi connectivity index (χ1v) is 11.4. The van der Waals surface area contributed by atoms with Crippen molar-refractivity contribution in [1.82, 2.24) is 10.6 Å². The van der Waals surface area contributed by atoms with Crippen molar-refractivity contribution < 1.29 is 33.0 Å². The Bertz CT molecular complexity index is 1030. The van der Waals surface area contributed by atoms with E-state index < -0.39 is 53.6 Å². The number of ether oxygens (including phenoxy) is 2. The fourth-order valence-corrected chi connectivity index (χ4v) is 3.32. The third-order valence-corrected chi connectivity index (χ3v) is 6.12. The third-order valence-electron chi connectivity index (χ3n) is 4.32. The lowest BCUT2D eigenvalue weighted by molar-refractivity contribution is -0.124. The fraction of sp³-hybridized carbons (Fsp3) is 0.273. The van der Waals surface area contributed by atoms with Gasteiger partial charge in [0.15, 0.2) is 13.2 Å². The lowest BCUT2D eigenvalue weighted by Crippen LogP contribution is -2.49. The number of aliphatic hydroxyl groups is 1. The molecule has 0 radical (unpaired) electrons. The van der Waals surface area contributed by atoms with Gasteiger partial charge in [0.05, 0.1) is 27.0 Å². The Labute approximate surface area is 213 Å². The Morgan fingerprint density at radius 3 is 2.00 bits per heavy atom. The van der Waals surface area contributed by atoms with Crippen molar-refractivity contribution >= 4 is 50.9 Å². The topological polar surface area (TPSA) is 96.9 Å². The van der Waals surface area contributed by atoms with E-state index in [9.17, 15) is 23.5 Å². The van der Waals surface area contributed by atoms with Gasteiger partial charge in [-0.3, -0.25) is 9.59 Å². The summed E-state index contributed by atoms with van der Waals surface area (Å²) in [5.74, 6) is -2.23. The van der Waals surface area contributed by atoms with Crippen molar-refractivity contribution in [3.8, 4) is 11.5 Å². The number of alkyl halides is 1. The minimum absolute atomic E-state index is 0.0717. The van der Waals surface area contributed by atoms with Crippen LogP contribution in [0.5, 0.6) is 11.5 Å². The molecule has 1 unspecified atom stereocenters. The largest absolute Gasteiger partial charge is 0.484 e. The van der Waals surface area contributed by atoms with Crippen molar-refractivity contribution in [2.75, 3.05) is 19.8 Å². The summed E-state index contributed by atoms with van der Waals surface area (Å²) in [6.45, 7) is 2.62. The number of nitrogens with one attached hydrogen (secondary N) is 2. The van der Waals surface area contributed by atoms with Crippen LogP contribution >= 0.6 is 39.1 Å². The van der Waals surface area contributed by atoms with Gasteiger partial charge >= 0.3 is 0 Å². The van der Waals surface area contributed by atoms with E-state index in [1.807, 2.05) is 0 Å². The van der Waals surface area contributed by atoms with Gasteiger partial charge in [0.2, 0.25) is 0 Å². The third kappa shape index (κ3) is 8.75. The zero-order valence-electron chi connectivity index (χ0n) is 17.6. The second-order valence-corrected chi connectivity index (χ2v) is 8.75. The van der Waals surface area contributed by atoms with Crippen molar-refractivity contribution in [2.45, 2.75) is 17.0 Å². The van der Waals surface area contributed by atoms with Crippen LogP contribution in [0.1, 0.15) is 0 Å². The van der Waals surface area contributed by atoms with Crippen LogP contribution in [0.2, 0.25) is 10.0 Å². The predicted molar refractivity (Wildman–Crippen MR) is 128 cm³/mol. The van der Waals surface area contributed by atoms with E-state index in [1.54, 1.807) is 0 Å². The van der Waals surface area contributed by atoms with Gasteiger partial charge in [0.1, 0.15) is 23.1 Å². The van der Waals surface area contributed by atoms with E-state index in [1.165, 1.54) is 30.3 Å². The van der Waals surface area contributed by atoms with E-state index in [0.29, 0.717) is 0 Å². The van der Waals surface area contributed by atoms with Gasteiger partial charge in [-0.05, 0) is 24.3 Å². The summed E-state index contributed by atoms with van der Waals surface area (Å²) >= 11 is 14.5. The molecule has 0 saturated carbocycles. The molecule has 0 aromatic heterocycles. The van der Waals surface area contributed by atoms with Crippen LogP contribution < -0.4 is 20.1 Å². The maximum Gasteiger partial charge on any atom is 0.258 e. The van der Waals surface area contributed by atoms with Crippen LogP contribution in [0.4, 0.5) is 8.78 Å². The highest BCUT2D eigenvalue weighted by atomic mass is 79.9. The van der Waals surface area contributed by atoms with E-state index in [0.717, 1.165) is 12.1 Å². The molecule has 184 valence electrons. The number of halogens is 5. The van der Waals surface area contributed by atoms with E-state index in [2.05, 4.69) is 33.1 Å². The SMILES string of the molecule is C=CC(NC(=O)COc1ccc(Cl)c(F)c1)[C@H](Br)[C@H](O)CNC(=O)COc1ccc(Cl)c(F)c1. The molecule has 0 bridgehead atoms. The molecule has 7 nitrogen and oxygen atoms in total. The fourth-order valence-electron chi connectivity index (χ4n) is 2.55. The molecule has 0 saturated heterocycles. The maximum absolute atomic E-state index is 13.4. The van der Waals surface area contributed by atoms with E-state index in [4.69, 9.17) is 32.7 Å². The van der Waals surface area contributed by atoms with Crippen LogP contribution in [0, 0.1) is 11.6 Å². The van der Waals surface area contributed by atoms with Gasteiger partial charge in [-0.2, -0.15) is 0 Å². The second-order valence-electron chi connectivity index (χ2n) is 6.87. The molecule has 0 heterocycles. The molecular weight excluding hydrogens is 561 g/mol. The average molecular weight is 582 g/mol. The smallest absolute Gasteiger partial charge is 0.258 e. The Morgan fingerprint density at radius 1 is 1.03 bits per heavy atom. The Hall–Kier alpha value is -2.40. The summed E-state index contributed by atoms with van der Waals surface area (Å²) in [7, 11) is 0. The number of rotatable bonds is 12. The molecule has 0 aliphatic carbocycles. The first kappa shape index (κ1) is 27.8. The lowest BCUT2D eigenvalue weighted by atomic mass is 10.1. The standard InChI is InChI=1S/C22H21BrCl2F2N2O5/c1-2-18(29-21(32)11-34-13-4-6-15(25)17(27)8-13)22(23)19(30)9-28-20(31)10-33-12-3-5-14(24)16(26)7-12/h2-8,18-19,22,30H,1,9-11H2,(H,28,31)(H,29,32)/t18?,19-,22+/m1/s1. The van der Waals surface area contributed by atoms with Crippen molar-refractivity contribution in [3.05, 3.63) is 70.7 Å². The van der Waals surface area contributed by atoms with Crippen LogP contribution in [0.3, 0.4) is 0 Å². The highest BCUT2D eigenvalue weighted by Crippen LogP contribution is 2.21. The van der Waals surface area contributed by atoms with E-state index >= 15 is 0 Å². The van der Waals surface area contributed by atoms with Crippen LogP contribution in [0.25, 0.3) is 0 Å².